The smallest absolute Gasteiger partial charge is 0.425 e. The Morgan fingerprint density at radius 2 is 1.84 bits per heavy atom. The van der Waals surface area contributed by atoms with Crippen LogP contribution >= 0.6 is 0 Å². The van der Waals surface area contributed by atoms with Crippen molar-refractivity contribution in [3.8, 4) is 11.6 Å². The van der Waals surface area contributed by atoms with Crippen LogP contribution in [0.2, 0.25) is 0 Å². The minimum Gasteiger partial charge on any atom is -0.497 e. The summed E-state index contributed by atoms with van der Waals surface area (Å²) in [7, 11) is -2.42. The van der Waals surface area contributed by atoms with Gasteiger partial charge in [-0.1, -0.05) is 26.0 Å². The number of aromatic nitrogens is 1. The van der Waals surface area contributed by atoms with E-state index in [4.69, 9.17) is 19.2 Å². The number of hydrogen-bond acceptors (Lipinski definition) is 12. The molecule has 7 rings (SSSR count). The summed E-state index contributed by atoms with van der Waals surface area (Å²) in [5.41, 5.74) is -1.61. The zero-order chi connectivity index (χ0) is 44.6. The molecule has 0 bridgehead atoms. The number of carbonyl (C=O) groups excluding carboxylic acids is 4. The van der Waals surface area contributed by atoms with Gasteiger partial charge in [0.05, 0.1) is 38.0 Å². The Kier molecular flexibility index (Phi) is 13.2. The predicted molar refractivity (Wildman–Crippen MR) is 220 cm³/mol. The topological polar surface area (TPSA) is 195 Å². The van der Waals surface area contributed by atoms with Crippen molar-refractivity contribution >= 4 is 50.4 Å². The zero-order valence-corrected chi connectivity index (χ0v) is 36.1. The summed E-state index contributed by atoms with van der Waals surface area (Å²) < 4.78 is 90.2. The molecular weight excluding hydrogens is 838 g/mol. The number of methoxy groups -OCH3 is 1. The fraction of sp³-hybridized carbons (Fsp3) is 0.643. The number of rotatable bonds is 10. The van der Waals surface area contributed by atoms with Crippen LogP contribution < -0.4 is 29.7 Å². The highest BCUT2D eigenvalue weighted by atomic mass is 32.2. The molecule has 0 spiro atoms. The molecule has 20 heteroatoms. The molecule has 8 atom stereocenters. The molecule has 4 heterocycles. The van der Waals surface area contributed by atoms with Gasteiger partial charge in [0.1, 0.15) is 29.3 Å². The molecular formula is C42H55F3N6O10S. The fourth-order valence-electron chi connectivity index (χ4n) is 8.63. The van der Waals surface area contributed by atoms with Crippen molar-refractivity contribution in [2.45, 2.75) is 101 Å². The standard InChI is InChI=1S/C42H55F3N6O10S/c1-24-7-5-6-8-28-21-41(28,39(54)49-62(56,57)31-10-11-31)48-36(52)34-20-30(23-51(34)38(53)33(25(2)17-24)22-46-40(55)60-26(3)42(43,44)45)61-37-32-12-9-29(58-4)18-27(32)19-35(47-37)50-13-15-59-16-14-50/h6,8-9,12,18-19,24-26,28,30-31,33-34H,5,7,10-11,13-17,20-23H2,1-4H3,(H,46,55)(H,48,52)(H,49,54). The molecule has 8 unspecified atom stereocenters. The van der Waals surface area contributed by atoms with Crippen LogP contribution in [0.3, 0.4) is 0 Å². The summed E-state index contributed by atoms with van der Waals surface area (Å²) in [6, 6.07) is 6.08. The van der Waals surface area contributed by atoms with E-state index in [9.17, 15) is 40.8 Å². The number of anilines is 1. The second-order valence-corrected chi connectivity index (χ2v) is 19.3. The van der Waals surface area contributed by atoms with Crippen molar-refractivity contribution in [3.05, 3.63) is 36.4 Å². The number of hydrogen-bond donors (Lipinski definition) is 3. The van der Waals surface area contributed by atoms with Crippen LogP contribution in [0.5, 0.6) is 11.6 Å². The maximum atomic E-state index is 14.9. The maximum Gasteiger partial charge on any atom is 0.425 e. The van der Waals surface area contributed by atoms with Gasteiger partial charge in [0, 0.05) is 37.4 Å². The number of halogens is 3. The van der Waals surface area contributed by atoms with Crippen molar-refractivity contribution in [1.29, 1.82) is 0 Å². The summed E-state index contributed by atoms with van der Waals surface area (Å²) in [6.45, 7) is 6.15. The normalized spacial score (nSPS) is 29.0. The molecule has 2 aliphatic carbocycles. The number of alkyl halides is 3. The van der Waals surface area contributed by atoms with Gasteiger partial charge in [-0.15, -0.1) is 0 Å². The summed E-state index contributed by atoms with van der Waals surface area (Å²) in [5, 5.41) is 5.92. The van der Waals surface area contributed by atoms with E-state index in [1.165, 1.54) is 4.90 Å². The van der Waals surface area contributed by atoms with Crippen molar-refractivity contribution in [2.24, 2.45) is 23.7 Å². The van der Waals surface area contributed by atoms with Gasteiger partial charge in [-0.3, -0.25) is 19.1 Å². The van der Waals surface area contributed by atoms with Gasteiger partial charge in [0.2, 0.25) is 27.7 Å². The second-order valence-electron chi connectivity index (χ2n) is 17.3. The Hall–Kier alpha value is -4.85. The van der Waals surface area contributed by atoms with Gasteiger partial charge in [0.25, 0.3) is 5.91 Å². The lowest BCUT2D eigenvalue weighted by molar-refractivity contribution is -0.197. The van der Waals surface area contributed by atoms with E-state index in [0.29, 0.717) is 82.3 Å². The molecule has 4 amide bonds. The van der Waals surface area contributed by atoms with Crippen molar-refractivity contribution < 1.29 is 59.7 Å². The molecule has 2 saturated heterocycles. The molecule has 1 aromatic heterocycles. The quantitative estimate of drug-likeness (QED) is 0.288. The third-order valence-corrected chi connectivity index (χ3v) is 14.4. The molecule has 340 valence electrons. The van der Waals surface area contributed by atoms with Gasteiger partial charge >= 0.3 is 12.3 Å². The maximum absolute atomic E-state index is 14.9. The number of carbonyl (C=O) groups is 4. The Morgan fingerprint density at radius 1 is 1.10 bits per heavy atom. The third-order valence-electron chi connectivity index (χ3n) is 12.6. The highest BCUT2D eigenvalue weighted by molar-refractivity contribution is 7.91. The number of fused-ring (bicyclic) bond motifs is 3. The summed E-state index contributed by atoms with van der Waals surface area (Å²) >= 11 is 0. The summed E-state index contributed by atoms with van der Waals surface area (Å²) in [4.78, 5) is 64.4. The van der Waals surface area contributed by atoms with Crippen LogP contribution in [-0.4, -0.2) is 124 Å². The van der Waals surface area contributed by atoms with E-state index >= 15 is 0 Å². The number of sulfonamides is 1. The van der Waals surface area contributed by atoms with Crippen LogP contribution in [0.4, 0.5) is 23.8 Å². The molecule has 62 heavy (non-hydrogen) atoms. The average molecular weight is 893 g/mol. The van der Waals surface area contributed by atoms with Crippen molar-refractivity contribution in [3.63, 3.8) is 0 Å². The van der Waals surface area contributed by atoms with Gasteiger partial charge in [-0.2, -0.15) is 18.2 Å². The van der Waals surface area contributed by atoms with Crippen LogP contribution in [0, 0.1) is 23.7 Å². The van der Waals surface area contributed by atoms with Gasteiger partial charge < -0.3 is 39.4 Å². The summed E-state index contributed by atoms with van der Waals surface area (Å²) in [5.74, 6) is -2.61. The van der Waals surface area contributed by atoms with Gasteiger partial charge in [-0.05, 0) is 86.9 Å². The van der Waals surface area contributed by atoms with Crippen molar-refractivity contribution in [1.82, 2.24) is 25.2 Å². The Labute approximate surface area is 358 Å². The lowest BCUT2D eigenvalue weighted by Crippen LogP contribution is -2.57. The molecule has 5 aliphatic rings. The van der Waals surface area contributed by atoms with Crippen LogP contribution in [-0.2, 0) is 33.9 Å². The number of benzene rings is 1. The molecule has 1 aromatic carbocycles. The molecule has 2 saturated carbocycles. The fourth-order valence-corrected chi connectivity index (χ4v) is 9.99. The van der Waals surface area contributed by atoms with E-state index in [0.717, 1.165) is 5.39 Å². The number of ether oxygens (including phenoxy) is 4. The number of morpholine rings is 1. The van der Waals surface area contributed by atoms with Crippen molar-refractivity contribution in [2.75, 3.05) is 51.4 Å². The minimum atomic E-state index is -4.80. The second kappa shape index (κ2) is 18.1. The Balaban J connectivity index is 1.22. The number of nitrogens with zero attached hydrogens (tertiary/aromatic N) is 3. The number of pyridine rings is 1. The Bertz CT molecular complexity index is 2170. The lowest BCUT2D eigenvalue weighted by atomic mass is 9.83. The van der Waals surface area contributed by atoms with E-state index in [-0.39, 0.29) is 31.2 Å². The van der Waals surface area contributed by atoms with E-state index in [2.05, 4.69) is 25.0 Å². The van der Waals surface area contributed by atoms with Gasteiger partial charge in [0.15, 0.2) is 6.10 Å². The molecule has 3 N–H and O–H groups in total. The first-order chi connectivity index (χ1) is 29.4. The average Bonchev–Trinajstić information content (AvgIpc) is 4.15. The van der Waals surface area contributed by atoms with E-state index < -0.39 is 93.4 Å². The predicted octanol–water partition coefficient (Wildman–Crippen LogP) is 4.22. The molecule has 0 radical (unpaired) electrons. The van der Waals surface area contributed by atoms with E-state index in [1.807, 2.05) is 38.1 Å². The van der Waals surface area contributed by atoms with Crippen LogP contribution in [0.15, 0.2) is 36.4 Å². The molecule has 4 fully saturated rings. The number of nitrogens with one attached hydrogen (secondary N) is 3. The number of alkyl carbamates (subject to hydrolysis) is 1. The third kappa shape index (κ3) is 10.2. The first-order valence-electron chi connectivity index (χ1n) is 21.2. The lowest BCUT2D eigenvalue weighted by Gasteiger charge is -2.32. The highest BCUT2D eigenvalue weighted by Gasteiger charge is 2.62. The van der Waals surface area contributed by atoms with Crippen LogP contribution in [0.25, 0.3) is 10.8 Å². The van der Waals surface area contributed by atoms with E-state index in [1.54, 1.807) is 19.2 Å². The SMILES string of the molecule is COc1ccc2c(OC3CC4C(=O)NC5(C(=O)NS(=O)(=O)C6CC6)CC5C=CCCC(C)CC(C)C(CNC(=O)OC(C)C(F)(F)F)C(=O)N4C3)nc(N3CCOCC3)cc2c1. The first kappa shape index (κ1) is 45.2. The highest BCUT2D eigenvalue weighted by Crippen LogP contribution is 2.46. The zero-order valence-electron chi connectivity index (χ0n) is 35.2. The largest absolute Gasteiger partial charge is 0.497 e. The minimum absolute atomic E-state index is 0.0464. The Morgan fingerprint density at radius 3 is 2.53 bits per heavy atom. The monoisotopic (exact) mass is 892 g/mol. The van der Waals surface area contributed by atoms with Gasteiger partial charge in [-0.25, -0.2) is 13.2 Å². The summed E-state index contributed by atoms with van der Waals surface area (Å²) in [6.07, 6.45) is -3.01. The van der Waals surface area contributed by atoms with Crippen LogP contribution in [0.1, 0.15) is 65.7 Å². The molecule has 3 aliphatic heterocycles. The number of allylic oxidation sites excluding steroid dienone is 1. The molecule has 16 nitrogen and oxygen atoms in total. The number of amides is 4. The molecule has 2 aromatic rings. The first-order valence-corrected chi connectivity index (χ1v) is 22.8.